The van der Waals surface area contributed by atoms with Crippen molar-refractivity contribution in [1.82, 2.24) is 9.55 Å². The van der Waals surface area contributed by atoms with Gasteiger partial charge < -0.3 is 5.73 Å². The van der Waals surface area contributed by atoms with Gasteiger partial charge in [-0.05, 0) is 36.8 Å². The molecule has 0 aliphatic rings. The molecule has 0 saturated heterocycles. The molecule has 0 atom stereocenters. The van der Waals surface area contributed by atoms with Crippen LogP contribution in [-0.2, 0) is 6.54 Å². The lowest BCUT2D eigenvalue weighted by molar-refractivity contribution is 0.720. The zero-order valence-corrected chi connectivity index (χ0v) is 10.9. The number of aryl methyl sites for hydroxylation is 1. The Morgan fingerprint density at radius 3 is 2.82 bits per heavy atom. The maximum absolute atomic E-state index is 11.6. The lowest BCUT2D eigenvalue weighted by atomic mass is 10.2. The van der Waals surface area contributed by atoms with E-state index in [-0.39, 0.29) is 5.69 Å². The van der Waals surface area contributed by atoms with Crippen molar-refractivity contribution in [3.8, 4) is 0 Å². The quantitative estimate of drug-likeness (QED) is 0.861. The average molecular weight is 294 g/mol. The molecule has 17 heavy (non-hydrogen) atoms. The Morgan fingerprint density at radius 1 is 1.41 bits per heavy atom. The number of nitrogen functional groups attached to an aromatic ring is 1. The van der Waals surface area contributed by atoms with E-state index < -0.39 is 0 Å². The van der Waals surface area contributed by atoms with Crippen molar-refractivity contribution < 1.29 is 0 Å². The van der Waals surface area contributed by atoms with Crippen molar-refractivity contribution in [2.75, 3.05) is 5.73 Å². The fourth-order valence-electron chi connectivity index (χ4n) is 1.60. The van der Waals surface area contributed by atoms with Crippen LogP contribution in [0.25, 0.3) is 0 Å². The summed E-state index contributed by atoms with van der Waals surface area (Å²) >= 11 is 3.37. The van der Waals surface area contributed by atoms with E-state index in [1.807, 2.05) is 24.3 Å². The standard InChI is InChI=1S/C12H12BrN3O/c1-8-2-3-16(12(17)15-8)7-9-4-10(13)6-11(14)5-9/h2-6H,7,14H2,1H3. The molecule has 5 heteroatoms. The highest BCUT2D eigenvalue weighted by Crippen LogP contribution is 2.17. The Kier molecular flexibility index (Phi) is 3.28. The first-order valence-corrected chi connectivity index (χ1v) is 5.93. The molecule has 4 nitrogen and oxygen atoms in total. The summed E-state index contributed by atoms with van der Waals surface area (Å²) in [5, 5.41) is 0. The normalized spacial score (nSPS) is 10.5. The molecule has 2 aromatic rings. The van der Waals surface area contributed by atoms with Crippen molar-refractivity contribution in [1.29, 1.82) is 0 Å². The molecule has 88 valence electrons. The molecule has 0 spiro atoms. The largest absolute Gasteiger partial charge is 0.399 e. The lowest BCUT2D eigenvalue weighted by Crippen LogP contribution is -2.23. The van der Waals surface area contributed by atoms with Crippen LogP contribution in [-0.4, -0.2) is 9.55 Å². The van der Waals surface area contributed by atoms with Gasteiger partial charge in [0.1, 0.15) is 0 Å². The van der Waals surface area contributed by atoms with Gasteiger partial charge >= 0.3 is 5.69 Å². The maximum atomic E-state index is 11.6. The third-order valence-electron chi connectivity index (χ3n) is 2.35. The Balaban J connectivity index is 2.34. The third kappa shape index (κ3) is 2.94. The first-order valence-electron chi connectivity index (χ1n) is 5.13. The number of hydrogen-bond acceptors (Lipinski definition) is 3. The summed E-state index contributed by atoms with van der Waals surface area (Å²) in [5.41, 5.74) is 7.85. The Bertz CT molecular complexity index is 587. The highest BCUT2D eigenvalue weighted by atomic mass is 79.9. The number of hydrogen-bond donors (Lipinski definition) is 1. The summed E-state index contributed by atoms with van der Waals surface area (Å²) in [6, 6.07) is 7.40. The van der Waals surface area contributed by atoms with E-state index in [2.05, 4.69) is 20.9 Å². The van der Waals surface area contributed by atoms with Gasteiger partial charge in [-0.2, -0.15) is 4.98 Å². The highest BCUT2D eigenvalue weighted by molar-refractivity contribution is 9.10. The number of rotatable bonds is 2. The van der Waals surface area contributed by atoms with Gasteiger partial charge in [-0.1, -0.05) is 15.9 Å². The Hall–Kier alpha value is -1.62. The van der Waals surface area contributed by atoms with E-state index in [9.17, 15) is 4.79 Å². The van der Waals surface area contributed by atoms with E-state index in [0.717, 1.165) is 15.7 Å². The smallest absolute Gasteiger partial charge is 0.348 e. The molecule has 0 aliphatic heterocycles. The molecule has 0 bridgehead atoms. The van der Waals surface area contributed by atoms with Crippen LogP contribution in [0.3, 0.4) is 0 Å². The highest BCUT2D eigenvalue weighted by Gasteiger charge is 2.01. The van der Waals surface area contributed by atoms with E-state index in [4.69, 9.17) is 5.73 Å². The van der Waals surface area contributed by atoms with Gasteiger partial charge in [0.25, 0.3) is 0 Å². The van der Waals surface area contributed by atoms with E-state index in [1.165, 1.54) is 0 Å². The average Bonchev–Trinajstić information content (AvgIpc) is 2.21. The van der Waals surface area contributed by atoms with Gasteiger partial charge in [-0.15, -0.1) is 0 Å². The molecule has 1 aromatic heterocycles. The third-order valence-corrected chi connectivity index (χ3v) is 2.80. The summed E-state index contributed by atoms with van der Waals surface area (Å²) in [7, 11) is 0. The number of anilines is 1. The van der Waals surface area contributed by atoms with Crippen LogP contribution in [0.15, 0.2) is 39.7 Å². The molecular weight excluding hydrogens is 282 g/mol. The fraction of sp³-hybridized carbons (Fsp3) is 0.167. The number of halogens is 1. The van der Waals surface area contributed by atoms with Crippen molar-refractivity contribution in [2.24, 2.45) is 0 Å². The van der Waals surface area contributed by atoms with Crippen LogP contribution in [0.1, 0.15) is 11.3 Å². The van der Waals surface area contributed by atoms with Gasteiger partial charge in [0.2, 0.25) is 0 Å². The van der Waals surface area contributed by atoms with Crippen LogP contribution in [0.4, 0.5) is 5.69 Å². The van der Waals surface area contributed by atoms with Crippen molar-refractivity contribution >= 4 is 21.6 Å². The fourth-order valence-corrected chi connectivity index (χ4v) is 2.16. The minimum absolute atomic E-state index is 0.247. The van der Waals surface area contributed by atoms with Gasteiger partial charge in [-0.25, -0.2) is 4.79 Å². The number of nitrogens with two attached hydrogens (primary N) is 1. The van der Waals surface area contributed by atoms with E-state index >= 15 is 0 Å². The van der Waals surface area contributed by atoms with Gasteiger partial charge in [0.05, 0.1) is 6.54 Å². The molecule has 1 aromatic carbocycles. The van der Waals surface area contributed by atoms with Crippen LogP contribution in [0, 0.1) is 6.92 Å². The van der Waals surface area contributed by atoms with Gasteiger partial charge in [-0.3, -0.25) is 4.57 Å². The summed E-state index contributed by atoms with van der Waals surface area (Å²) in [6.45, 7) is 2.26. The number of nitrogens with zero attached hydrogens (tertiary/aromatic N) is 2. The first-order chi connectivity index (χ1) is 8.04. The first kappa shape index (κ1) is 11.9. The molecule has 0 amide bonds. The second-order valence-corrected chi connectivity index (χ2v) is 4.79. The minimum Gasteiger partial charge on any atom is -0.399 e. The molecule has 0 fully saturated rings. The molecule has 0 saturated carbocycles. The van der Waals surface area contributed by atoms with Crippen LogP contribution in [0.2, 0.25) is 0 Å². The lowest BCUT2D eigenvalue weighted by Gasteiger charge is -2.07. The SMILES string of the molecule is Cc1ccn(Cc2cc(N)cc(Br)c2)c(=O)n1. The summed E-state index contributed by atoms with van der Waals surface area (Å²) < 4.78 is 2.45. The second-order valence-electron chi connectivity index (χ2n) is 3.87. The molecule has 0 unspecified atom stereocenters. The predicted molar refractivity (Wildman–Crippen MR) is 70.9 cm³/mol. The molecule has 2 rings (SSSR count). The topological polar surface area (TPSA) is 60.9 Å². The summed E-state index contributed by atoms with van der Waals surface area (Å²) in [6.07, 6.45) is 1.74. The zero-order chi connectivity index (χ0) is 12.4. The van der Waals surface area contributed by atoms with Crippen LogP contribution < -0.4 is 11.4 Å². The molecule has 0 aliphatic carbocycles. The Morgan fingerprint density at radius 2 is 2.18 bits per heavy atom. The van der Waals surface area contributed by atoms with E-state index in [1.54, 1.807) is 17.7 Å². The van der Waals surface area contributed by atoms with E-state index in [0.29, 0.717) is 12.2 Å². The Labute approximate surface area is 107 Å². The van der Waals surface area contributed by atoms with Gasteiger partial charge in [0.15, 0.2) is 0 Å². The van der Waals surface area contributed by atoms with Crippen molar-refractivity contribution in [3.63, 3.8) is 0 Å². The van der Waals surface area contributed by atoms with Gasteiger partial charge in [0, 0.05) is 22.1 Å². The molecular formula is C12H12BrN3O. The summed E-state index contributed by atoms with van der Waals surface area (Å²) in [4.78, 5) is 15.5. The number of benzene rings is 1. The molecule has 1 heterocycles. The number of aromatic nitrogens is 2. The van der Waals surface area contributed by atoms with Crippen molar-refractivity contribution in [3.05, 3.63) is 56.7 Å². The summed E-state index contributed by atoms with van der Waals surface area (Å²) in [5.74, 6) is 0. The predicted octanol–water partition coefficient (Wildman–Crippen LogP) is 1.94. The zero-order valence-electron chi connectivity index (χ0n) is 9.35. The van der Waals surface area contributed by atoms with Crippen LogP contribution in [0.5, 0.6) is 0 Å². The molecule has 2 N–H and O–H groups in total. The maximum Gasteiger partial charge on any atom is 0.348 e. The second kappa shape index (κ2) is 4.71. The monoisotopic (exact) mass is 293 g/mol. The van der Waals surface area contributed by atoms with Crippen molar-refractivity contribution in [2.45, 2.75) is 13.5 Å². The van der Waals surface area contributed by atoms with Crippen LogP contribution >= 0.6 is 15.9 Å². The molecule has 0 radical (unpaired) electrons. The minimum atomic E-state index is -0.247.